The Labute approximate surface area is 68.8 Å². The van der Waals surface area contributed by atoms with Crippen LogP contribution in [0.1, 0.15) is 11.1 Å². The van der Waals surface area contributed by atoms with Gasteiger partial charge in [0.25, 0.3) is 0 Å². The highest BCUT2D eigenvalue weighted by atomic mass is 32.1. The van der Waals surface area contributed by atoms with Crippen molar-refractivity contribution in [1.82, 2.24) is 20.3 Å². The summed E-state index contributed by atoms with van der Waals surface area (Å²) >= 11 is 7.96. The number of tetrazole rings is 1. The fourth-order valence-corrected chi connectivity index (χ4v) is 0.765. The maximum atomic E-state index is 5.29. The molecule has 1 aromatic rings. The number of nitrogens with two attached hydrogens (primary N) is 1. The predicted molar refractivity (Wildman–Crippen MR) is 43.0 cm³/mol. The van der Waals surface area contributed by atoms with Gasteiger partial charge in [-0.25, -0.2) is 0 Å². The maximum Gasteiger partial charge on any atom is 0.187 e. The van der Waals surface area contributed by atoms with Gasteiger partial charge in [0.05, 0.1) is 5.25 Å². The van der Waals surface area contributed by atoms with Gasteiger partial charge in [0.1, 0.15) is 0 Å². The van der Waals surface area contributed by atoms with Crippen molar-refractivity contribution >= 4 is 25.3 Å². The Morgan fingerprint density at radius 3 is 2.80 bits per heavy atom. The number of nitrogen functional groups attached to an aromatic ring is 1. The van der Waals surface area contributed by atoms with Crippen molar-refractivity contribution in [2.24, 2.45) is 0 Å². The summed E-state index contributed by atoms with van der Waals surface area (Å²) in [5.74, 6) is 7.31. The quantitative estimate of drug-likeness (QED) is 0.418. The second-order valence-electron chi connectivity index (χ2n) is 1.58. The molecule has 1 unspecified atom stereocenters. The maximum absolute atomic E-state index is 5.29. The molecule has 0 fully saturated rings. The number of hydrogen-bond donors (Lipinski definition) is 3. The molecule has 0 saturated heterocycles. The Balaban J connectivity index is 2.82. The van der Waals surface area contributed by atoms with Crippen molar-refractivity contribution in [3.8, 4) is 0 Å². The summed E-state index contributed by atoms with van der Waals surface area (Å²) in [6, 6.07) is 0. The van der Waals surface area contributed by atoms with E-state index in [0.717, 1.165) is 4.79 Å². The summed E-state index contributed by atoms with van der Waals surface area (Å²) < 4.78 is 0. The minimum absolute atomic E-state index is 0.233. The first-order valence-electron chi connectivity index (χ1n) is 2.44. The lowest BCUT2D eigenvalue weighted by Gasteiger charge is -2.01. The van der Waals surface area contributed by atoms with E-state index in [-0.39, 0.29) is 5.25 Å². The van der Waals surface area contributed by atoms with Gasteiger partial charge in [-0.05, 0) is 10.4 Å². The summed E-state index contributed by atoms with van der Waals surface area (Å²) in [5.41, 5.74) is 0. The third kappa shape index (κ3) is 1.35. The zero-order chi connectivity index (χ0) is 7.56. The van der Waals surface area contributed by atoms with Gasteiger partial charge in [-0.2, -0.15) is 25.3 Å². The van der Waals surface area contributed by atoms with E-state index in [1.807, 2.05) is 0 Å². The van der Waals surface area contributed by atoms with Crippen molar-refractivity contribution in [2.45, 2.75) is 5.25 Å². The number of aromatic nitrogens is 4. The molecule has 0 bridgehead atoms. The average molecular weight is 176 g/mol. The smallest absolute Gasteiger partial charge is 0.187 e. The third-order valence-corrected chi connectivity index (χ3v) is 1.84. The Kier molecular flexibility index (Phi) is 2.39. The fraction of sp³-hybridized carbons (Fsp3) is 0.333. The highest BCUT2D eigenvalue weighted by molar-refractivity contribution is 7.86. The minimum Gasteiger partial charge on any atom is -0.320 e. The molecule has 0 saturated carbocycles. The van der Waals surface area contributed by atoms with Crippen LogP contribution in [-0.2, 0) is 0 Å². The van der Waals surface area contributed by atoms with E-state index >= 15 is 0 Å². The van der Waals surface area contributed by atoms with Crippen molar-refractivity contribution in [1.29, 1.82) is 0 Å². The van der Waals surface area contributed by atoms with Crippen LogP contribution in [0.5, 0.6) is 0 Å². The van der Waals surface area contributed by atoms with Crippen LogP contribution in [-0.4, -0.2) is 20.3 Å². The van der Waals surface area contributed by atoms with Crippen molar-refractivity contribution in [3.05, 3.63) is 11.6 Å². The van der Waals surface area contributed by atoms with Gasteiger partial charge < -0.3 is 5.84 Å². The monoisotopic (exact) mass is 176 g/mol. The molecule has 0 aromatic carbocycles. The SMILES string of the molecule is Nn1nnnc1C(S)[CH]S. The van der Waals surface area contributed by atoms with Gasteiger partial charge in [0.15, 0.2) is 5.82 Å². The second kappa shape index (κ2) is 3.11. The Hall–Kier alpha value is -0.430. The molecule has 5 nitrogen and oxygen atoms in total. The minimum atomic E-state index is -0.233. The van der Waals surface area contributed by atoms with Gasteiger partial charge in [-0.3, -0.25) is 0 Å². The van der Waals surface area contributed by atoms with Gasteiger partial charge in [-0.1, -0.05) is 0 Å². The number of hydrogen-bond acceptors (Lipinski definition) is 6. The number of rotatable bonds is 2. The zero-order valence-electron chi connectivity index (χ0n) is 4.92. The number of thiol groups is 2. The highest BCUT2D eigenvalue weighted by Crippen LogP contribution is 2.19. The molecular formula is C3H6N5S2. The molecule has 0 aliphatic heterocycles. The Bertz CT molecular complexity index is 210. The van der Waals surface area contributed by atoms with Crippen LogP contribution in [0.25, 0.3) is 0 Å². The number of nitrogens with zero attached hydrogens (tertiary/aromatic N) is 4. The molecule has 7 heteroatoms. The first-order chi connectivity index (χ1) is 4.75. The van der Waals surface area contributed by atoms with Gasteiger partial charge in [0.2, 0.25) is 0 Å². The molecule has 1 radical (unpaired) electrons. The topological polar surface area (TPSA) is 69.6 Å². The molecule has 2 N–H and O–H groups in total. The molecular weight excluding hydrogens is 170 g/mol. The third-order valence-electron chi connectivity index (χ3n) is 0.924. The predicted octanol–water partition coefficient (Wildman–Crippen LogP) is -0.551. The van der Waals surface area contributed by atoms with E-state index in [1.54, 1.807) is 0 Å². The summed E-state index contributed by atoms with van der Waals surface area (Å²) in [5, 5.41) is 10.1. The lowest BCUT2D eigenvalue weighted by atomic mass is 10.4. The van der Waals surface area contributed by atoms with E-state index in [0.29, 0.717) is 5.82 Å². The van der Waals surface area contributed by atoms with Crippen LogP contribution < -0.4 is 5.84 Å². The first kappa shape index (κ1) is 7.67. The van der Waals surface area contributed by atoms with Crippen LogP contribution in [0.3, 0.4) is 0 Å². The van der Waals surface area contributed by atoms with Crippen LogP contribution in [0, 0.1) is 5.75 Å². The summed E-state index contributed by atoms with van der Waals surface area (Å²) in [6.45, 7) is 0. The van der Waals surface area contributed by atoms with E-state index < -0.39 is 0 Å². The van der Waals surface area contributed by atoms with Crippen molar-refractivity contribution < 1.29 is 0 Å². The lowest BCUT2D eigenvalue weighted by Crippen LogP contribution is -2.15. The van der Waals surface area contributed by atoms with Crippen LogP contribution >= 0.6 is 25.3 Å². The molecule has 0 amide bonds. The van der Waals surface area contributed by atoms with Crippen molar-refractivity contribution in [2.75, 3.05) is 5.84 Å². The summed E-state index contributed by atoms with van der Waals surface area (Å²) in [6.07, 6.45) is 0. The summed E-state index contributed by atoms with van der Waals surface area (Å²) in [4.78, 5) is 1.06. The summed E-state index contributed by atoms with van der Waals surface area (Å²) in [7, 11) is 0. The van der Waals surface area contributed by atoms with Crippen LogP contribution in [0.4, 0.5) is 0 Å². The average Bonchev–Trinajstić information content (AvgIpc) is 2.34. The molecule has 1 aromatic heterocycles. The van der Waals surface area contributed by atoms with E-state index in [9.17, 15) is 0 Å². The highest BCUT2D eigenvalue weighted by Gasteiger charge is 2.11. The fourth-order valence-electron chi connectivity index (χ4n) is 0.462. The molecule has 1 rings (SSSR count). The van der Waals surface area contributed by atoms with Gasteiger partial charge in [0, 0.05) is 5.75 Å². The molecule has 55 valence electrons. The van der Waals surface area contributed by atoms with E-state index in [4.69, 9.17) is 5.84 Å². The molecule has 0 spiro atoms. The zero-order valence-corrected chi connectivity index (χ0v) is 6.70. The molecule has 0 aliphatic rings. The Morgan fingerprint density at radius 1 is 1.70 bits per heavy atom. The van der Waals surface area contributed by atoms with Crippen molar-refractivity contribution in [3.63, 3.8) is 0 Å². The largest absolute Gasteiger partial charge is 0.320 e. The molecule has 0 aliphatic carbocycles. The molecule has 1 atom stereocenters. The lowest BCUT2D eigenvalue weighted by molar-refractivity contribution is 0.733. The molecule has 1 heterocycles. The normalized spacial score (nSPS) is 13.4. The Morgan fingerprint density at radius 2 is 2.40 bits per heavy atom. The standard InChI is InChI=1S/C3H6N5S2/c4-8-3(2(10)1-9)5-6-7-8/h1-2,9-10H,4H2. The van der Waals surface area contributed by atoms with E-state index in [1.165, 1.54) is 5.75 Å². The van der Waals surface area contributed by atoms with Crippen LogP contribution in [0.15, 0.2) is 0 Å². The second-order valence-corrected chi connectivity index (χ2v) is 2.43. The van der Waals surface area contributed by atoms with Gasteiger partial charge in [-0.15, -0.1) is 9.89 Å². The first-order valence-corrected chi connectivity index (χ1v) is 3.48. The van der Waals surface area contributed by atoms with E-state index in [2.05, 4.69) is 40.8 Å². The van der Waals surface area contributed by atoms with Gasteiger partial charge >= 0.3 is 0 Å². The molecule has 10 heavy (non-hydrogen) atoms. The van der Waals surface area contributed by atoms with Crippen LogP contribution in [0.2, 0.25) is 0 Å².